The van der Waals surface area contributed by atoms with Gasteiger partial charge in [-0.2, -0.15) is 0 Å². The number of halogens is 1. The normalized spacial score (nSPS) is 17.1. The molecule has 5 heteroatoms. The number of rotatable bonds is 6. The van der Waals surface area contributed by atoms with Gasteiger partial charge in [-0.3, -0.25) is 4.79 Å². The van der Waals surface area contributed by atoms with Crippen LogP contribution in [0, 0.1) is 5.92 Å². The second kappa shape index (κ2) is 8.88. The van der Waals surface area contributed by atoms with Gasteiger partial charge in [-0.25, -0.2) is 0 Å². The number of carbonyl (C=O) groups excluding carboxylic acids is 1. The zero-order chi connectivity index (χ0) is 17.5. The Morgan fingerprint density at radius 2 is 1.92 bits per heavy atom. The first-order valence-corrected chi connectivity index (χ1v) is 9.04. The molecule has 1 heterocycles. The van der Waals surface area contributed by atoms with E-state index in [1.807, 2.05) is 42.5 Å². The number of ether oxygens (including phenoxy) is 1. The fourth-order valence-corrected chi connectivity index (χ4v) is 3.18. The molecule has 25 heavy (non-hydrogen) atoms. The highest BCUT2D eigenvalue weighted by Crippen LogP contribution is 2.24. The lowest BCUT2D eigenvalue weighted by molar-refractivity contribution is -0.125. The molecule has 2 aromatic rings. The van der Waals surface area contributed by atoms with Crippen LogP contribution in [0.5, 0.6) is 5.75 Å². The van der Waals surface area contributed by atoms with Gasteiger partial charge < -0.3 is 15.4 Å². The number of nitrogens with one attached hydrogen (secondary N) is 2. The van der Waals surface area contributed by atoms with Gasteiger partial charge in [0, 0.05) is 13.1 Å². The number of amides is 1. The van der Waals surface area contributed by atoms with E-state index in [0.717, 1.165) is 37.1 Å². The molecule has 0 spiro atoms. The predicted octanol–water partition coefficient (Wildman–Crippen LogP) is 3.53. The van der Waals surface area contributed by atoms with Crippen LogP contribution >= 0.6 is 11.6 Å². The third-order valence-electron chi connectivity index (χ3n) is 4.46. The Kier molecular flexibility index (Phi) is 6.31. The summed E-state index contributed by atoms with van der Waals surface area (Å²) in [5.74, 6) is 0.852. The van der Waals surface area contributed by atoms with Gasteiger partial charge in [0.05, 0.1) is 10.9 Å². The van der Waals surface area contributed by atoms with Gasteiger partial charge in [0.25, 0.3) is 0 Å². The van der Waals surface area contributed by atoms with Crippen LogP contribution in [0.2, 0.25) is 5.02 Å². The van der Waals surface area contributed by atoms with Crippen LogP contribution in [-0.2, 0) is 17.9 Å². The van der Waals surface area contributed by atoms with Crippen molar-refractivity contribution in [2.24, 2.45) is 5.92 Å². The Morgan fingerprint density at radius 1 is 1.16 bits per heavy atom. The fraction of sp³-hybridized carbons (Fsp3) is 0.350. The molecule has 0 radical (unpaired) electrons. The second-order valence-electron chi connectivity index (χ2n) is 6.25. The van der Waals surface area contributed by atoms with Crippen LogP contribution in [0.4, 0.5) is 0 Å². The monoisotopic (exact) mass is 358 g/mol. The molecule has 0 saturated carbocycles. The molecule has 1 aliphatic heterocycles. The van der Waals surface area contributed by atoms with Gasteiger partial charge >= 0.3 is 0 Å². The maximum Gasteiger partial charge on any atom is 0.224 e. The summed E-state index contributed by atoms with van der Waals surface area (Å²) in [6, 6.07) is 15.4. The average molecular weight is 359 g/mol. The molecule has 1 fully saturated rings. The summed E-state index contributed by atoms with van der Waals surface area (Å²) in [6.45, 7) is 2.70. The number of piperidine rings is 1. The Balaban J connectivity index is 1.59. The molecule has 0 aromatic heterocycles. The summed E-state index contributed by atoms with van der Waals surface area (Å²) >= 11 is 6.13. The summed E-state index contributed by atoms with van der Waals surface area (Å²) in [5, 5.41) is 6.93. The van der Waals surface area contributed by atoms with E-state index in [2.05, 4.69) is 10.6 Å². The van der Waals surface area contributed by atoms with E-state index < -0.39 is 0 Å². The van der Waals surface area contributed by atoms with E-state index in [1.54, 1.807) is 6.07 Å². The molecular formula is C20H23ClN2O2. The minimum absolute atomic E-state index is 0.0697. The lowest BCUT2D eigenvalue weighted by Crippen LogP contribution is -2.40. The van der Waals surface area contributed by atoms with Crippen molar-refractivity contribution in [3.63, 3.8) is 0 Å². The van der Waals surface area contributed by atoms with Crippen molar-refractivity contribution in [3.05, 3.63) is 64.7 Å². The highest BCUT2D eigenvalue weighted by molar-refractivity contribution is 6.32. The van der Waals surface area contributed by atoms with Crippen LogP contribution in [0.1, 0.15) is 24.0 Å². The first-order valence-electron chi connectivity index (χ1n) is 8.66. The van der Waals surface area contributed by atoms with Crippen molar-refractivity contribution in [1.82, 2.24) is 10.6 Å². The zero-order valence-electron chi connectivity index (χ0n) is 14.1. The van der Waals surface area contributed by atoms with Gasteiger partial charge in [-0.15, -0.1) is 0 Å². The van der Waals surface area contributed by atoms with Gasteiger partial charge in [0.15, 0.2) is 0 Å². The molecule has 1 amide bonds. The highest BCUT2D eigenvalue weighted by atomic mass is 35.5. The topological polar surface area (TPSA) is 50.4 Å². The molecule has 1 aliphatic rings. The van der Waals surface area contributed by atoms with Crippen LogP contribution in [0.3, 0.4) is 0 Å². The van der Waals surface area contributed by atoms with E-state index in [0.29, 0.717) is 23.9 Å². The molecule has 2 aromatic carbocycles. The number of benzene rings is 2. The smallest absolute Gasteiger partial charge is 0.224 e. The molecule has 1 unspecified atom stereocenters. The van der Waals surface area contributed by atoms with Crippen LogP contribution < -0.4 is 15.4 Å². The van der Waals surface area contributed by atoms with Crippen LogP contribution in [0.25, 0.3) is 0 Å². The van der Waals surface area contributed by atoms with E-state index >= 15 is 0 Å². The quantitative estimate of drug-likeness (QED) is 0.830. The van der Waals surface area contributed by atoms with Crippen molar-refractivity contribution >= 4 is 17.5 Å². The van der Waals surface area contributed by atoms with Crippen molar-refractivity contribution in [1.29, 1.82) is 0 Å². The van der Waals surface area contributed by atoms with Gasteiger partial charge in [-0.1, -0.05) is 48.0 Å². The molecule has 4 nitrogen and oxygen atoms in total. The lowest BCUT2D eigenvalue weighted by atomic mass is 9.98. The summed E-state index contributed by atoms with van der Waals surface area (Å²) in [4.78, 5) is 12.3. The number of hydrogen-bond acceptors (Lipinski definition) is 3. The summed E-state index contributed by atoms with van der Waals surface area (Å²) in [5.41, 5.74) is 2.11. The van der Waals surface area contributed by atoms with Gasteiger partial charge in [0.1, 0.15) is 12.4 Å². The summed E-state index contributed by atoms with van der Waals surface area (Å²) in [7, 11) is 0. The number of hydrogen-bond donors (Lipinski definition) is 2. The minimum Gasteiger partial charge on any atom is -0.487 e. The van der Waals surface area contributed by atoms with Crippen LogP contribution in [-0.4, -0.2) is 19.0 Å². The third-order valence-corrected chi connectivity index (χ3v) is 4.77. The van der Waals surface area contributed by atoms with Crippen molar-refractivity contribution in [2.75, 3.05) is 13.1 Å². The van der Waals surface area contributed by atoms with E-state index in [9.17, 15) is 4.79 Å². The average Bonchev–Trinajstić information content (AvgIpc) is 2.67. The van der Waals surface area contributed by atoms with E-state index in [1.165, 1.54) is 0 Å². The highest BCUT2D eigenvalue weighted by Gasteiger charge is 2.20. The number of para-hydroxylation sites is 1. The molecule has 0 aliphatic carbocycles. The van der Waals surface area contributed by atoms with Gasteiger partial charge in [0.2, 0.25) is 5.91 Å². The molecule has 2 N–H and O–H groups in total. The lowest BCUT2D eigenvalue weighted by Gasteiger charge is -2.22. The predicted molar refractivity (Wildman–Crippen MR) is 99.7 cm³/mol. The second-order valence-corrected chi connectivity index (χ2v) is 6.66. The molecular weight excluding hydrogens is 336 g/mol. The maximum absolute atomic E-state index is 12.3. The summed E-state index contributed by atoms with van der Waals surface area (Å²) < 4.78 is 5.83. The first-order chi connectivity index (χ1) is 12.2. The Hall–Kier alpha value is -2.04. The zero-order valence-corrected chi connectivity index (χ0v) is 14.9. The molecule has 1 atom stereocenters. The van der Waals surface area contributed by atoms with Crippen molar-refractivity contribution in [3.8, 4) is 5.75 Å². The van der Waals surface area contributed by atoms with Crippen molar-refractivity contribution < 1.29 is 9.53 Å². The largest absolute Gasteiger partial charge is 0.487 e. The van der Waals surface area contributed by atoms with Crippen LogP contribution in [0.15, 0.2) is 48.5 Å². The number of carbonyl (C=O) groups is 1. The molecule has 1 saturated heterocycles. The Labute approximate surface area is 153 Å². The van der Waals surface area contributed by atoms with Gasteiger partial charge in [-0.05, 0) is 42.6 Å². The molecule has 132 valence electrons. The maximum atomic E-state index is 12.3. The minimum atomic E-state index is 0.0697. The standard InChI is InChI=1S/C20H23ClN2O2/c21-18-9-3-4-10-19(18)25-14-17-7-2-1-6-15(17)13-23-20(24)16-8-5-11-22-12-16/h1-4,6-7,9-10,16,22H,5,8,11-14H2,(H,23,24). The van der Waals surface area contributed by atoms with Crippen molar-refractivity contribution in [2.45, 2.75) is 26.0 Å². The van der Waals surface area contributed by atoms with E-state index in [-0.39, 0.29) is 11.8 Å². The Morgan fingerprint density at radius 3 is 2.68 bits per heavy atom. The van der Waals surface area contributed by atoms with E-state index in [4.69, 9.17) is 16.3 Å². The fourth-order valence-electron chi connectivity index (χ4n) is 2.99. The Bertz CT molecular complexity index is 714. The first kappa shape index (κ1) is 17.8. The molecule has 0 bridgehead atoms. The third kappa shape index (κ3) is 4.97. The molecule has 3 rings (SSSR count). The summed E-state index contributed by atoms with van der Waals surface area (Å²) in [6.07, 6.45) is 2.01. The SMILES string of the molecule is O=C(NCc1ccccc1COc1ccccc1Cl)C1CCCNC1.